The van der Waals surface area contributed by atoms with Gasteiger partial charge in [-0.15, -0.1) is 11.8 Å². The van der Waals surface area contributed by atoms with Crippen molar-refractivity contribution < 1.29 is 9.53 Å². The van der Waals surface area contributed by atoms with Crippen molar-refractivity contribution in [2.24, 2.45) is 0 Å². The van der Waals surface area contributed by atoms with Gasteiger partial charge in [0.15, 0.2) is 0 Å². The number of benzene rings is 2. The van der Waals surface area contributed by atoms with Gasteiger partial charge in [-0.05, 0) is 62.7 Å². The smallest absolute Gasteiger partial charge is 0.233 e. The summed E-state index contributed by atoms with van der Waals surface area (Å²) in [4.78, 5) is 13.2. The van der Waals surface area contributed by atoms with Crippen molar-refractivity contribution >= 4 is 29.3 Å². The van der Waals surface area contributed by atoms with Gasteiger partial charge in [-0.3, -0.25) is 4.79 Å². The first-order valence-corrected chi connectivity index (χ1v) is 9.15. The van der Waals surface area contributed by atoms with Gasteiger partial charge in [-0.25, -0.2) is 0 Å². The molecular formula is C19H22ClNO2S. The molecule has 0 heterocycles. The first-order chi connectivity index (χ1) is 11.4. The van der Waals surface area contributed by atoms with E-state index < -0.39 is 0 Å². The molecular weight excluding hydrogens is 342 g/mol. The molecule has 5 heteroatoms. The molecule has 0 radical (unpaired) electrons. The molecule has 24 heavy (non-hydrogen) atoms. The molecule has 0 aliphatic heterocycles. The first-order valence-electron chi connectivity index (χ1n) is 7.89. The topological polar surface area (TPSA) is 38.3 Å². The predicted molar refractivity (Wildman–Crippen MR) is 101 cm³/mol. The molecule has 0 saturated carbocycles. The zero-order valence-electron chi connectivity index (χ0n) is 14.1. The quantitative estimate of drug-likeness (QED) is 0.709. The molecule has 1 N–H and O–H groups in total. The van der Waals surface area contributed by atoms with Gasteiger partial charge in [0.05, 0.1) is 11.4 Å². The van der Waals surface area contributed by atoms with E-state index in [9.17, 15) is 4.79 Å². The van der Waals surface area contributed by atoms with Gasteiger partial charge in [0.1, 0.15) is 5.75 Å². The van der Waals surface area contributed by atoms with Gasteiger partial charge in [0.2, 0.25) is 5.91 Å². The lowest BCUT2D eigenvalue weighted by atomic mass is 10.2. The normalized spacial score (nSPS) is 12.0. The summed E-state index contributed by atoms with van der Waals surface area (Å²) >= 11 is 7.38. The number of hydrogen-bond acceptors (Lipinski definition) is 3. The maximum atomic E-state index is 12.2. The number of amides is 1. The molecule has 128 valence electrons. The van der Waals surface area contributed by atoms with Crippen LogP contribution in [0, 0.1) is 0 Å². The molecule has 2 aromatic carbocycles. The van der Waals surface area contributed by atoms with Crippen molar-refractivity contribution in [3.05, 3.63) is 59.1 Å². The van der Waals surface area contributed by atoms with Crippen LogP contribution < -0.4 is 10.1 Å². The van der Waals surface area contributed by atoms with E-state index in [1.165, 1.54) is 11.8 Å². The van der Waals surface area contributed by atoms with E-state index in [-0.39, 0.29) is 17.3 Å². The van der Waals surface area contributed by atoms with Gasteiger partial charge < -0.3 is 10.1 Å². The maximum absolute atomic E-state index is 12.2. The van der Waals surface area contributed by atoms with Crippen LogP contribution in [0.1, 0.15) is 26.3 Å². The number of halogens is 1. The lowest BCUT2D eigenvalue weighted by Gasteiger charge is -2.13. The van der Waals surface area contributed by atoms with Crippen LogP contribution in [0.15, 0.2) is 53.4 Å². The Morgan fingerprint density at radius 1 is 1.08 bits per heavy atom. The zero-order chi connectivity index (χ0) is 17.5. The predicted octanol–water partition coefficient (Wildman–Crippen LogP) is 4.92. The van der Waals surface area contributed by atoms with Gasteiger partial charge in [0.25, 0.3) is 0 Å². The number of ether oxygens (including phenoxy) is 1. The van der Waals surface area contributed by atoms with E-state index in [4.69, 9.17) is 16.3 Å². The minimum Gasteiger partial charge on any atom is -0.491 e. The van der Waals surface area contributed by atoms with Gasteiger partial charge >= 0.3 is 0 Å². The lowest BCUT2D eigenvalue weighted by molar-refractivity contribution is -0.120. The fourth-order valence-electron chi connectivity index (χ4n) is 2.06. The highest BCUT2D eigenvalue weighted by Crippen LogP contribution is 2.24. The van der Waals surface area contributed by atoms with Crippen molar-refractivity contribution in [3.8, 4) is 5.75 Å². The second-order valence-electron chi connectivity index (χ2n) is 5.74. The first kappa shape index (κ1) is 18.7. The van der Waals surface area contributed by atoms with Gasteiger partial charge in [0, 0.05) is 16.5 Å². The lowest BCUT2D eigenvalue weighted by Crippen LogP contribution is -2.30. The molecule has 2 aromatic rings. The molecule has 0 aromatic heterocycles. The number of rotatable bonds is 7. The zero-order valence-corrected chi connectivity index (χ0v) is 15.7. The Hall–Kier alpha value is -1.65. The summed E-state index contributed by atoms with van der Waals surface area (Å²) in [6.07, 6.45) is 0.154. The molecule has 0 spiro atoms. The fourth-order valence-corrected chi connectivity index (χ4v) is 3.08. The SMILES string of the molecule is CC(C)Oc1ccc(CNC(=O)C(C)Sc2ccc(Cl)cc2)cc1. The van der Waals surface area contributed by atoms with Crippen LogP contribution >= 0.6 is 23.4 Å². The summed E-state index contributed by atoms with van der Waals surface area (Å²) in [5.41, 5.74) is 1.04. The molecule has 1 unspecified atom stereocenters. The van der Waals surface area contributed by atoms with Crippen LogP contribution in [0.25, 0.3) is 0 Å². The Balaban J connectivity index is 1.82. The molecule has 0 aliphatic carbocycles. The van der Waals surface area contributed by atoms with E-state index in [1.807, 2.05) is 69.3 Å². The summed E-state index contributed by atoms with van der Waals surface area (Å²) in [5, 5.41) is 3.49. The number of carbonyl (C=O) groups excluding carboxylic acids is 1. The van der Waals surface area contributed by atoms with Crippen LogP contribution in [0.5, 0.6) is 5.75 Å². The van der Waals surface area contributed by atoms with E-state index in [0.29, 0.717) is 11.6 Å². The Bertz CT molecular complexity index is 656. The van der Waals surface area contributed by atoms with Crippen LogP contribution in [-0.2, 0) is 11.3 Å². The average molecular weight is 364 g/mol. The summed E-state index contributed by atoms with van der Waals surface area (Å²) in [5.74, 6) is 0.851. The summed E-state index contributed by atoms with van der Waals surface area (Å²) < 4.78 is 5.61. The van der Waals surface area contributed by atoms with Crippen LogP contribution in [0.4, 0.5) is 0 Å². The number of carbonyl (C=O) groups is 1. The largest absolute Gasteiger partial charge is 0.491 e. The second-order valence-corrected chi connectivity index (χ2v) is 7.59. The fraction of sp³-hybridized carbons (Fsp3) is 0.316. The number of thioether (sulfide) groups is 1. The minimum atomic E-state index is -0.172. The van der Waals surface area contributed by atoms with Gasteiger partial charge in [-0.1, -0.05) is 23.7 Å². The Morgan fingerprint density at radius 2 is 1.71 bits per heavy atom. The summed E-state index contributed by atoms with van der Waals surface area (Å²) in [6.45, 7) is 6.39. The minimum absolute atomic E-state index is 0.0115. The van der Waals surface area contributed by atoms with Crippen molar-refractivity contribution in [2.45, 2.75) is 43.6 Å². The third-order valence-corrected chi connectivity index (χ3v) is 4.62. The molecule has 1 atom stereocenters. The second kappa shape index (κ2) is 9.00. The Morgan fingerprint density at radius 3 is 2.29 bits per heavy atom. The molecule has 2 rings (SSSR count). The monoisotopic (exact) mass is 363 g/mol. The van der Waals surface area contributed by atoms with E-state index >= 15 is 0 Å². The highest BCUT2D eigenvalue weighted by molar-refractivity contribution is 8.00. The third-order valence-electron chi connectivity index (χ3n) is 3.26. The molecule has 0 aliphatic rings. The number of hydrogen-bond donors (Lipinski definition) is 1. The Kier molecular flexibility index (Phi) is 7.00. The molecule has 0 fully saturated rings. The highest BCUT2D eigenvalue weighted by atomic mass is 35.5. The van der Waals surface area contributed by atoms with Gasteiger partial charge in [-0.2, -0.15) is 0 Å². The van der Waals surface area contributed by atoms with Crippen LogP contribution in [0.3, 0.4) is 0 Å². The maximum Gasteiger partial charge on any atom is 0.233 e. The van der Waals surface area contributed by atoms with Crippen LogP contribution in [0.2, 0.25) is 5.02 Å². The standard InChI is InChI=1S/C19H22ClNO2S/c1-13(2)23-17-8-4-15(5-9-17)12-21-19(22)14(3)24-18-10-6-16(20)7-11-18/h4-11,13-14H,12H2,1-3H3,(H,21,22). The van der Waals surface area contributed by atoms with Crippen molar-refractivity contribution in [2.75, 3.05) is 0 Å². The Labute approximate surface area is 152 Å². The summed E-state index contributed by atoms with van der Waals surface area (Å²) in [6, 6.07) is 15.3. The third kappa shape index (κ3) is 6.10. The number of nitrogens with one attached hydrogen (secondary N) is 1. The van der Waals surface area contributed by atoms with Crippen molar-refractivity contribution in [3.63, 3.8) is 0 Å². The molecule has 0 saturated heterocycles. The highest BCUT2D eigenvalue weighted by Gasteiger charge is 2.14. The van der Waals surface area contributed by atoms with E-state index in [1.54, 1.807) is 0 Å². The molecule has 0 bridgehead atoms. The molecule has 3 nitrogen and oxygen atoms in total. The van der Waals surface area contributed by atoms with E-state index in [0.717, 1.165) is 16.2 Å². The average Bonchev–Trinajstić information content (AvgIpc) is 2.55. The van der Waals surface area contributed by atoms with E-state index in [2.05, 4.69) is 5.32 Å². The van der Waals surface area contributed by atoms with Crippen molar-refractivity contribution in [1.82, 2.24) is 5.32 Å². The van der Waals surface area contributed by atoms with Crippen LogP contribution in [-0.4, -0.2) is 17.3 Å². The molecule has 1 amide bonds. The van der Waals surface area contributed by atoms with Crippen molar-refractivity contribution in [1.29, 1.82) is 0 Å². The summed E-state index contributed by atoms with van der Waals surface area (Å²) in [7, 11) is 0.